The van der Waals surface area contributed by atoms with Gasteiger partial charge in [0.1, 0.15) is 0 Å². The summed E-state index contributed by atoms with van der Waals surface area (Å²) in [4.78, 5) is 6.38. The molecule has 0 bridgehead atoms. The Labute approximate surface area is 191 Å². The van der Waals surface area contributed by atoms with E-state index in [2.05, 4.69) is 27.2 Å². The van der Waals surface area contributed by atoms with Crippen LogP contribution in [0, 0.1) is 0 Å². The average molecular weight is 530 g/mol. The van der Waals surface area contributed by atoms with E-state index in [9.17, 15) is 8.42 Å². The Morgan fingerprint density at radius 2 is 1.62 bits per heavy atom. The van der Waals surface area contributed by atoms with Gasteiger partial charge in [-0.05, 0) is 30.5 Å². The van der Waals surface area contributed by atoms with Gasteiger partial charge in [0.15, 0.2) is 5.96 Å². The summed E-state index contributed by atoms with van der Waals surface area (Å²) in [7, 11) is 0.344. The van der Waals surface area contributed by atoms with Crippen LogP contribution in [0.4, 0.5) is 0 Å². The quantitative estimate of drug-likeness (QED) is 0.312. The van der Waals surface area contributed by atoms with Gasteiger partial charge in [-0.2, -0.15) is 0 Å². The monoisotopic (exact) mass is 530 g/mol. The minimum atomic E-state index is -3.38. The number of sulfonamides is 1. The van der Waals surface area contributed by atoms with Crippen LogP contribution in [0.1, 0.15) is 30.5 Å². The number of benzene rings is 2. The third-order valence-corrected chi connectivity index (χ3v) is 5.67. The number of rotatable bonds is 8. The molecular weight excluding hydrogens is 499 g/mol. The molecule has 160 valence electrons. The molecule has 0 atom stereocenters. The lowest BCUT2D eigenvalue weighted by Crippen LogP contribution is -2.38. The van der Waals surface area contributed by atoms with Gasteiger partial charge in [0.2, 0.25) is 10.0 Å². The van der Waals surface area contributed by atoms with Gasteiger partial charge < -0.3 is 10.2 Å². The SMILES string of the molecule is CN=C(NCc1ccccc1CS(=O)(=O)NC(C)C)N(C)Cc1ccccc1.I. The molecule has 0 saturated carbocycles. The van der Waals surface area contributed by atoms with Crippen LogP contribution in [-0.2, 0) is 28.9 Å². The number of hydrogen-bond donors (Lipinski definition) is 2. The molecule has 2 aromatic carbocycles. The van der Waals surface area contributed by atoms with E-state index in [0.717, 1.165) is 23.6 Å². The first-order valence-corrected chi connectivity index (χ1v) is 11.0. The second-order valence-corrected chi connectivity index (χ2v) is 8.80. The zero-order valence-electron chi connectivity index (χ0n) is 17.4. The zero-order valence-corrected chi connectivity index (χ0v) is 20.6. The van der Waals surface area contributed by atoms with Crippen molar-refractivity contribution in [2.45, 2.75) is 38.7 Å². The molecule has 0 aliphatic rings. The first kappa shape index (κ1) is 25.4. The van der Waals surface area contributed by atoms with Crippen LogP contribution in [0.3, 0.4) is 0 Å². The summed E-state index contributed by atoms with van der Waals surface area (Å²) in [5.41, 5.74) is 2.91. The molecule has 2 N–H and O–H groups in total. The van der Waals surface area contributed by atoms with E-state index in [4.69, 9.17) is 0 Å². The topological polar surface area (TPSA) is 73.8 Å². The second-order valence-electron chi connectivity index (χ2n) is 7.04. The largest absolute Gasteiger partial charge is 0.352 e. The van der Waals surface area contributed by atoms with E-state index in [1.165, 1.54) is 5.56 Å². The fourth-order valence-corrected chi connectivity index (χ4v) is 4.46. The van der Waals surface area contributed by atoms with E-state index >= 15 is 0 Å². The van der Waals surface area contributed by atoms with Crippen molar-refractivity contribution in [1.82, 2.24) is 14.9 Å². The van der Waals surface area contributed by atoms with Crippen molar-refractivity contribution in [1.29, 1.82) is 0 Å². The van der Waals surface area contributed by atoms with Crippen molar-refractivity contribution in [3.63, 3.8) is 0 Å². The molecule has 0 heterocycles. The van der Waals surface area contributed by atoms with Crippen molar-refractivity contribution in [3.8, 4) is 0 Å². The van der Waals surface area contributed by atoms with Crippen LogP contribution in [0.5, 0.6) is 0 Å². The van der Waals surface area contributed by atoms with Gasteiger partial charge in [-0.3, -0.25) is 4.99 Å². The first-order chi connectivity index (χ1) is 13.3. The molecule has 0 saturated heterocycles. The molecule has 0 aliphatic carbocycles. The van der Waals surface area contributed by atoms with Crippen LogP contribution < -0.4 is 10.0 Å². The van der Waals surface area contributed by atoms with Crippen molar-refractivity contribution >= 4 is 40.0 Å². The van der Waals surface area contributed by atoms with E-state index in [1.54, 1.807) is 7.05 Å². The fraction of sp³-hybridized carbons (Fsp3) is 0.381. The van der Waals surface area contributed by atoms with Gasteiger partial charge in [-0.25, -0.2) is 13.1 Å². The summed E-state index contributed by atoms with van der Waals surface area (Å²) in [6.07, 6.45) is 0. The number of aliphatic imine (C=N–C) groups is 1. The molecule has 6 nitrogen and oxygen atoms in total. The Kier molecular flexibility index (Phi) is 10.6. The van der Waals surface area contributed by atoms with Gasteiger partial charge >= 0.3 is 0 Å². The molecule has 0 aliphatic heterocycles. The molecule has 8 heteroatoms. The summed E-state index contributed by atoms with van der Waals surface area (Å²) in [5.74, 6) is 0.711. The van der Waals surface area contributed by atoms with Crippen LogP contribution in [0.25, 0.3) is 0 Å². The number of nitrogens with zero attached hydrogens (tertiary/aromatic N) is 2. The van der Waals surface area contributed by atoms with Gasteiger partial charge in [-0.1, -0.05) is 54.6 Å². The predicted molar refractivity (Wildman–Crippen MR) is 131 cm³/mol. The van der Waals surface area contributed by atoms with Crippen LogP contribution in [-0.4, -0.2) is 39.4 Å². The zero-order chi connectivity index (χ0) is 20.6. The second kappa shape index (κ2) is 12.1. The van der Waals surface area contributed by atoms with Crippen LogP contribution in [0.15, 0.2) is 59.6 Å². The van der Waals surface area contributed by atoms with E-state index < -0.39 is 10.0 Å². The fourth-order valence-electron chi connectivity index (χ4n) is 2.97. The van der Waals surface area contributed by atoms with Crippen LogP contribution in [0.2, 0.25) is 0 Å². The Hall–Kier alpha value is -1.65. The summed E-state index contributed by atoms with van der Waals surface area (Å²) in [5, 5.41) is 3.33. The Bertz CT molecular complexity index is 887. The highest BCUT2D eigenvalue weighted by atomic mass is 127. The predicted octanol–water partition coefficient (Wildman–Crippen LogP) is 3.34. The lowest BCUT2D eigenvalue weighted by Gasteiger charge is -2.23. The van der Waals surface area contributed by atoms with Crippen LogP contribution >= 0.6 is 24.0 Å². The summed E-state index contributed by atoms with van der Waals surface area (Å²) >= 11 is 0. The van der Waals surface area contributed by atoms with E-state index in [1.807, 2.05) is 68.3 Å². The van der Waals surface area contributed by atoms with Crippen molar-refractivity contribution in [2.75, 3.05) is 14.1 Å². The number of halogens is 1. The van der Waals surface area contributed by atoms with Crippen molar-refractivity contribution < 1.29 is 8.42 Å². The van der Waals surface area contributed by atoms with Gasteiger partial charge in [0.05, 0.1) is 5.75 Å². The third kappa shape index (κ3) is 8.71. The number of nitrogens with one attached hydrogen (secondary N) is 2. The highest BCUT2D eigenvalue weighted by Crippen LogP contribution is 2.13. The third-order valence-electron chi connectivity index (χ3n) is 4.15. The maximum atomic E-state index is 12.3. The highest BCUT2D eigenvalue weighted by molar-refractivity contribution is 14.0. The summed E-state index contributed by atoms with van der Waals surface area (Å²) < 4.78 is 27.2. The molecule has 2 aromatic rings. The minimum Gasteiger partial charge on any atom is -0.352 e. The Balaban J connectivity index is 0.00000420. The molecule has 0 radical (unpaired) electrons. The van der Waals surface area contributed by atoms with Gasteiger partial charge in [0, 0.05) is 33.2 Å². The van der Waals surface area contributed by atoms with E-state index in [0.29, 0.717) is 6.54 Å². The maximum Gasteiger partial charge on any atom is 0.216 e. The normalized spacial score (nSPS) is 11.8. The summed E-state index contributed by atoms with van der Waals surface area (Å²) in [6.45, 7) is 4.86. The number of hydrogen-bond acceptors (Lipinski definition) is 3. The minimum absolute atomic E-state index is 0. The molecule has 0 fully saturated rings. The lowest BCUT2D eigenvalue weighted by atomic mass is 10.1. The van der Waals surface area contributed by atoms with Gasteiger partial charge in [-0.15, -0.1) is 24.0 Å². The molecule has 0 spiro atoms. The van der Waals surface area contributed by atoms with Crippen molar-refractivity contribution in [2.24, 2.45) is 4.99 Å². The lowest BCUT2D eigenvalue weighted by molar-refractivity contribution is 0.476. The maximum absolute atomic E-state index is 12.3. The standard InChI is InChI=1S/C21H30N4O2S.HI/c1-17(2)24-28(26,27)16-20-13-9-8-12-19(20)14-23-21(22-3)25(4)15-18-10-6-5-7-11-18;/h5-13,17,24H,14-16H2,1-4H3,(H,22,23);1H. The van der Waals surface area contributed by atoms with Gasteiger partial charge in [0.25, 0.3) is 0 Å². The molecular formula is C21H31IN4O2S. The molecule has 0 unspecified atom stereocenters. The Morgan fingerprint density at radius 3 is 2.21 bits per heavy atom. The number of guanidine groups is 1. The molecule has 0 aromatic heterocycles. The van der Waals surface area contributed by atoms with E-state index in [-0.39, 0.29) is 35.8 Å². The molecule has 29 heavy (non-hydrogen) atoms. The molecule has 0 amide bonds. The average Bonchev–Trinajstić information content (AvgIpc) is 2.63. The Morgan fingerprint density at radius 1 is 1.03 bits per heavy atom. The first-order valence-electron chi connectivity index (χ1n) is 9.33. The van der Waals surface area contributed by atoms with Crippen molar-refractivity contribution in [3.05, 3.63) is 71.3 Å². The highest BCUT2D eigenvalue weighted by Gasteiger charge is 2.16. The smallest absolute Gasteiger partial charge is 0.216 e. The molecule has 2 rings (SSSR count). The summed E-state index contributed by atoms with van der Waals surface area (Å²) in [6, 6.07) is 17.6.